The lowest BCUT2D eigenvalue weighted by Gasteiger charge is -2.46. The number of carbonyl (C=O) groups excluding carboxylic acids is 1. The number of aromatic nitrogens is 2. The second-order valence-electron chi connectivity index (χ2n) is 7.08. The van der Waals surface area contributed by atoms with E-state index in [2.05, 4.69) is 21.9 Å². The Morgan fingerprint density at radius 1 is 1.28 bits per heavy atom. The van der Waals surface area contributed by atoms with Crippen molar-refractivity contribution in [1.29, 1.82) is 0 Å². The third-order valence-corrected chi connectivity index (χ3v) is 5.28. The molecule has 2 aromatic rings. The van der Waals surface area contributed by atoms with Gasteiger partial charge in [0, 0.05) is 49.7 Å². The summed E-state index contributed by atoms with van der Waals surface area (Å²) < 4.78 is 6.09. The van der Waals surface area contributed by atoms with Crippen LogP contribution in [0.4, 0.5) is 0 Å². The summed E-state index contributed by atoms with van der Waals surface area (Å²) in [7, 11) is 2.14. The van der Waals surface area contributed by atoms with E-state index in [1.54, 1.807) is 12.4 Å². The Balaban J connectivity index is 1.45. The molecule has 1 amide bonds. The highest BCUT2D eigenvalue weighted by molar-refractivity contribution is 5.95. The molecule has 1 aromatic heterocycles. The molecule has 0 atom stereocenters. The Morgan fingerprint density at radius 2 is 2.12 bits per heavy atom. The maximum atomic E-state index is 12.9. The predicted octanol–water partition coefficient (Wildman–Crippen LogP) is 2.01. The molecule has 0 saturated carbocycles. The van der Waals surface area contributed by atoms with Gasteiger partial charge in [0.15, 0.2) is 0 Å². The molecular formula is C19H24N4O2. The molecule has 1 aromatic carbocycles. The fraction of sp³-hybridized carbons (Fsp3) is 0.474. The van der Waals surface area contributed by atoms with Crippen molar-refractivity contribution in [2.24, 2.45) is 0 Å². The zero-order chi connectivity index (χ0) is 17.3. The number of nitrogens with one attached hydrogen (secondary N) is 1. The maximum Gasteiger partial charge on any atom is 0.253 e. The molecule has 2 aliphatic heterocycles. The topological polar surface area (TPSA) is 61.5 Å². The van der Waals surface area contributed by atoms with Gasteiger partial charge in [0.05, 0.1) is 12.2 Å². The maximum absolute atomic E-state index is 12.9. The van der Waals surface area contributed by atoms with Gasteiger partial charge in [-0.25, -0.2) is 4.98 Å². The molecule has 1 N–H and O–H groups in total. The number of H-pyrrole nitrogens is 1. The molecule has 6 heteroatoms. The minimum absolute atomic E-state index is 0.0696. The number of amides is 1. The van der Waals surface area contributed by atoms with Gasteiger partial charge in [0.1, 0.15) is 5.82 Å². The second kappa shape index (κ2) is 6.61. The van der Waals surface area contributed by atoms with Gasteiger partial charge in [0.25, 0.3) is 5.91 Å². The van der Waals surface area contributed by atoms with Crippen LogP contribution >= 0.6 is 0 Å². The number of carbonyl (C=O) groups is 1. The highest BCUT2D eigenvalue weighted by Gasteiger charge is 2.39. The zero-order valence-electron chi connectivity index (χ0n) is 14.6. The van der Waals surface area contributed by atoms with E-state index in [9.17, 15) is 4.79 Å². The molecule has 6 nitrogen and oxygen atoms in total. The molecule has 2 fully saturated rings. The average Bonchev–Trinajstić information content (AvgIpc) is 3.17. The number of nitrogens with zero attached hydrogens (tertiary/aromatic N) is 3. The van der Waals surface area contributed by atoms with E-state index in [1.165, 1.54) is 0 Å². The molecule has 0 bridgehead atoms. The largest absolute Gasteiger partial charge is 0.372 e. The van der Waals surface area contributed by atoms with Crippen LogP contribution in [-0.4, -0.2) is 71.1 Å². The Morgan fingerprint density at radius 3 is 2.84 bits per heavy atom. The van der Waals surface area contributed by atoms with E-state index >= 15 is 0 Å². The van der Waals surface area contributed by atoms with Crippen molar-refractivity contribution in [3.8, 4) is 11.4 Å². The van der Waals surface area contributed by atoms with Crippen molar-refractivity contribution in [2.45, 2.75) is 18.4 Å². The highest BCUT2D eigenvalue weighted by atomic mass is 16.5. The van der Waals surface area contributed by atoms with Crippen molar-refractivity contribution in [3.63, 3.8) is 0 Å². The number of rotatable bonds is 2. The first-order valence-electron chi connectivity index (χ1n) is 8.87. The molecule has 0 unspecified atom stereocenters. The van der Waals surface area contributed by atoms with Crippen LogP contribution in [0, 0.1) is 0 Å². The van der Waals surface area contributed by atoms with E-state index in [-0.39, 0.29) is 11.5 Å². The lowest BCUT2D eigenvalue weighted by molar-refractivity contribution is -0.127. The van der Waals surface area contributed by atoms with Crippen LogP contribution in [0.2, 0.25) is 0 Å². The van der Waals surface area contributed by atoms with Crippen LogP contribution in [0.5, 0.6) is 0 Å². The normalized spacial score (nSPS) is 20.8. The van der Waals surface area contributed by atoms with Gasteiger partial charge in [-0.05, 0) is 32.0 Å². The van der Waals surface area contributed by atoms with Gasteiger partial charge < -0.3 is 19.5 Å². The van der Waals surface area contributed by atoms with Crippen LogP contribution in [0.15, 0.2) is 36.7 Å². The number of imidazole rings is 1. The van der Waals surface area contributed by atoms with Crippen LogP contribution in [0.1, 0.15) is 23.2 Å². The number of aromatic amines is 1. The van der Waals surface area contributed by atoms with E-state index in [0.717, 1.165) is 57.0 Å². The van der Waals surface area contributed by atoms with Gasteiger partial charge >= 0.3 is 0 Å². The van der Waals surface area contributed by atoms with Gasteiger partial charge in [0.2, 0.25) is 0 Å². The van der Waals surface area contributed by atoms with E-state index < -0.39 is 0 Å². The minimum atomic E-state index is -0.0696. The van der Waals surface area contributed by atoms with Gasteiger partial charge in [-0.15, -0.1) is 0 Å². The van der Waals surface area contributed by atoms with E-state index in [0.29, 0.717) is 5.56 Å². The number of hydrogen-bond donors (Lipinski definition) is 1. The monoisotopic (exact) mass is 340 g/mol. The van der Waals surface area contributed by atoms with Gasteiger partial charge in [-0.3, -0.25) is 4.79 Å². The molecule has 25 heavy (non-hydrogen) atoms. The van der Waals surface area contributed by atoms with Crippen molar-refractivity contribution in [2.75, 3.05) is 39.8 Å². The average molecular weight is 340 g/mol. The van der Waals surface area contributed by atoms with Crippen LogP contribution in [0.3, 0.4) is 0 Å². The Kier molecular flexibility index (Phi) is 4.31. The second-order valence-corrected chi connectivity index (χ2v) is 7.08. The van der Waals surface area contributed by atoms with Gasteiger partial charge in [-0.1, -0.05) is 12.1 Å². The summed E-state index contributed by atoms with van der Waals surface area (Å²) in [6.07, 6.45) is 5.31. The number of piperidine rings is 1. The van der Waals surface area contributed by atoms with Gasteiger partial charge in [-0.2, -0.15) is 0 Å². The SMILES string of the molecule is CN1CCOC2(CCN(C(=O)c3cccc(-c4ncc[nH]4)c3)CC2)C1. The predicted molar refractivity (Wildman–Crippen MR) is 95.3 cm³/mol. The first-order chi connectivity index (χ1) is 12.2. The number of hydrogen-bond acceptors (Lipinski definition) is 4. The molecule has 132 valence electrons. The van der Waals surface area contributed by atoms with Crippen molar-refractivity contribution in [1.82, 2.24) is 19.8 Å². The number of likely N-dealkylation sites (N-methyl/N-ethyl adjacent to an activating group) is 1. The van der Waals surface area contributed by atoms with Crippen molar-refractivity contribution >= 4 is 5.91 Å². The first kappa shape index (κ1) is 16.3. The lowest BCUT2D eigenvalue weighted by Crippen LogP contribution is -2.56. The highest BCUT2D eigenvalue weighted by Crippen LogP contribution is 2.30. The molecule has 2 saturated heterocycles. The van der Waals surface area contributed by atoms with E-state index in [1.807, 2.05) is 29.2 Å². The summed E-state index contributed by atoms with van der Waals surface area (Å²) in [5.74, 6) is 0.873. The fourth-order valence-electron chi connectivity index (χ4n) is 3.86. The summed E-state index contributed by atoms with van der Waals surface area (Å²) in [5.41, 5.74) is 1.58. The third-order valence-electron chi connectivity index (χ3n) is 5.28. The quantitative estimate of drug-likeness (QED) is 0.908. The van der Waals surface area contributed by atoms with Crippen molar-refractivity contribution < 1.29 is 9.53 Å². The summed E-state index contributed by atoms with van der Waals surface area (Å²) in [6, 6.07) is 7.67. The third kappa shape index (κ3) is 3.32. The van der Waals surface area contributed by atoms with Crippen molar-refractivity contribution in [3.05, 3.63) is 42.2 Å². The Hall–Kier alpha value is -2.18. The number of morpholine rings is 1. The van der Waals surface area contributed by atoms with Crippen LogP contribution < -0.4 is 0 Å². The summed E-state index contributed by atoms with van der Waals surface area (Å²) in [5, 5.41) is 0. The lowest BCUT2D eigenvalue weighted by atomic mass is 9.89. The molecule has 4 rings (SSSR count). The zero-order valence-corrected chi connectivity index (χ0v) is 14.6. The molecule has 0 radical (unpaired) electrons. The molecule has 2 aliphatic rings. The van der Waals surface area contributed by atoms with Crippen LogP contribution in [-0.2, 0) is 4.74 Å². The number of likely N-dealkylation sites (tertiary alicyclic amines) is 1. The Labute approximate surface area is 147 Å². The number of ether oxygens (including phenoxy) is 1. The first-order valence-corrected chi connectivity index (χ1v) is 8.87. The molecule has 0 aliphatic carbocycles. The summed E-state index contributed by atoms with van der Waals surface area (Å²) in [6.45, 7) is 4.23. The van der Waals surface area contributed by atoms with Crippen LogP contribution in [0.25, 0.3) is 11.4 Å². The smallest absolute Gasteiger partial charge is 0.253 e. The standard InChI is InChI=1S/C19H24N4O2/c1-22-11-12-25-19(14-22)5-9-23(10-6-19)18(24)16-4-2-3-15(13-16)17-20-7-8-21-17/h2-4,7-8,13H,5-6,9-12,14H2,1H3,(H,20,21). The molecule has 1 spiro atoms. The fourth-order valence-corrected chi connectivity index (χ4v) is 3.86. The Bertz CT molecular complexity index is 736. The van der Waals surface area contributed by atoms with E-state index in [4.69, 9.17) is 4.74 Å². The summed E-state index contributed by atoms with van der Waals surface area (Å²) in [4.78, 5) is 24.5. The minimum Gasteiger partial charge on any atom is -0.372 e. The summed E-state index contributed by atoms with van der Waals surface area (Å²) >= 11 is 0. The molecular weight excluding hydrogens is 316 g/mol. The number of benzene rings is 1. The molecule has 3 heterocycles.